The van der Waals surface area contributed by atoms with Crippen LogP contribution in [-0.4, -0.2) is 68.7 Å². The van der Waals surface area contributed by atoms with E-state index in [-0.39, 0.29) is 18.1 Å². The first-order valence-electron chi connectivity index (χ1n) is 12.3. The van der Waals surface area contributed by atoms with Crippen LogP contribution in [0.1, 0.15) is 59.6 Å². The molecule has 1 aromatic rings. The van der Waals surface area contributed by atoms with Gasteiger partial charge in [-0.1, -0.05) is 39.0 Å². The van der Waals surface area contributed by atoms with Crippen LogP contribution in [0.2, 0.25) is 18.1 Å². The number of para-hydroxylation sites is 1. The Morgan fingerprint density at radius 3 is 2.33 bits per heavy atom. The van der Waals surface area contributed by atoms with E-state index >= 15 is 0 Å². The average molecular weight is 521 g/mol. The standard InChI is InChI=1S/C26H40N2O7Si/c1-25(2,3)34-24(31)27-17-15-33-19-13-11-10-12-16(19)21-20(35-36(8,9)26(4,5)6)14-18(23(30)32-7)28(21)22(17)29/h10-13,17-18,20-21H,14-15H2,1-9H3,(H,27,31)/t17-,18-,20-,21-/m0/s1. The predicted octanol–water partition coefficient (Wildman–Crippen LogP) is 4.18. The van der Waals surface area contributed by atoms with E-state index in [1.54, 1.807) is 20.8 Å². The van der Waals surface area contributed by atoms with Crippen LogP contribution < -0.4 is 10.1 Å². The maximum absolute atomic E-state index is 14.0. The zero-order valence-corrected chi connectivity index (χ0v) is 23.8. The van der Waals surface area contributed by atoms with Gasteiger partial charge >= 0.3 is 12.1 Å². The third-order valence-electron chi connectivity index (χ3n) is 7.06. The Labute approximate surface area is 214 Å². The number of carbonyl (C=O) groups is 3. The molecule has 36 heavy (non-hydrogen) atoms. The summed E-state index contributed by atoms with van der Waals surface area (Å²) in [6, 6.07) is 4.92. The number of carbonyl (C=O) groups excluding carboxylic acids is 3. The molecule has 1 fully saturated rings. The Morgan fingerprint density at radius 2 is 1.75 bits per heavy atom. The van der Waals surface area contributed by atoms with Crippen LogP contribution in [0, 0.1) is 0 Å². The van der Waals surface area contributed by atoms with E-state index < -0.39 is 56.1 Å². The number of hydrogen-bond donors (Lipinski definition) is 1. The molecule has 1 N–H and O–H groups in total. The Bertz CT molecular complexity index is 999. The number of esters is 1. The predicted molar refractivity (Wildman–Crippen MR) is 137 cm³/mol. The van der Waals surface area contributed by atoms with Crippen molar-refractivity contribution >= 4 is 26.3 Å². The number of nitrogens with one attached hydrogen (secondary N) is 1. The normalized spacial score (nSPS) is 24.6. The second-order valence-corrected chi connectivity index (χ2v) is 16.7. The van der Waals surface area contributed by atoms with Crippen LogP contribution in [0.4, 0.5) is 4.79 Å². The summed E-state index contributed by atoms with van der Waals surface area (Å²) in [5.74, 6) is -0.396. The van der Waals surface area contributed by atoms with Gasteiger partial charge in [-0.25, -0.2) is 9.59 Å². The average Bonchev–Trinajstić information content (AvgIpc) is 3.10. The molecule has 0 aromatic heterocycles. The van der Waals surface area contributed by atoms with E-state index in [1.165, 1.54) is 12.0 Å². The van der Waals surface area contributed by atoms with Crippen LogP contribution >= 0.6 is 0 Å². The molecule has 0 unspecified atom stereocenters. The van der Waals surface area contributed by atoms with Gasteiger partial charge in [-0.05, 0) is 45.0 Å². The molecule has 2 aliphatic heterocycles. The van der Waals surface area contributed by atoms with Gasteiger partial charge in [0, 0.05) is 12.0 Å². The molecule has 2 heterocycles. The summed E-state index contributed by atoms with van der Waals surface area (Å²) in [7, 11) is -0.977. The van der Waals surface area contributed by atoms with Gasteiger partial charge in [-0.2, -0.15) is 0 Å². The van der Waals surface area contributed by atoms with Crippen molar-refractivity contribution in [2.45, 2.75) is 95.9 Å². The topological polar surface area (TPSA) is 103 Å². The molecule has 2 aliphatic rings. The zero-order chi connectivity index (χ0) is 27.1. The minimum atomic E-state index is -2.28. The smallest absolute Gasteiger partial charge is 0.408 e. The summed E-state index contributed by atoms with van der Waals surface area (Å²) >= 11 is 0. The van der Waals surface area contributed by atoms with Crippen LogP contribution in [0.5, 0.6) is 5.75 Å². The number of nitrogens with zero attached hydrogens (tertiary/aromatic N) is 1. The lowest BCUT2D eigenvalue weighted by Crippen LogP contribution is -2.56. The first-order valence-corrected chi connectivity index (χ1v) is 15.3. The van der Waals surface area contributed by atoms with Gasteiger partial charge < -0.3 is 28.9 Å². The van der Waals surface area contributed by atoms with Crippen LogP contribution in [0.3, 0.4) is 0 Å². The Hall–Kier alpha value is -2.59. The second kappa shape index (κ2) is 10.0. The summed E-state index contributed by atoms with van der Waals surface area (Å²) in [4.78, 5) is 41.0. The third-order valence-corrected chi connectivity index (χ3v) is 11.6. The number of methoxy groups -OCH3 is 1. The van der Waals surface area contributed by atoms with Crippen LogP contribution in [0.15, 0.2) is 24.3 Å². The zero-order valence-electron chi connectivity index (χ0n) is 22.8. The number of amides is 2. The molecule has 10 heteroatoms. The summed E-state index contributed by atoms with van der Waals surface area (Å²) in [5.41, 5.74) is 0.0198. The van der Waals surface area contributed by atoms with Crippen molar-refractivity contribution in [3.05, 3.63) is 29.8 Å². The highest BCUT2D eigenvalue weighted by molar-refractivity contribution is 6.74. The van der Waals surface area contributed by atoms with Gasteiger partial charge in [0.1, 0.15) is 30.0 Å². The number of hydrogen-bond acceptors (Lipinski definition) is 7. The fourth-order valence-corrected chi connectivity index (χ4v) is 5.66. The second-order valence-electron chi connectivity index (χ2n) is 11.9. The lowest BCUT2D eigenvalue weighted by molar-refractivity contribution is -0.153. The largest absolute Gasteiger partial charge is 0.491 e. The molecular formula is C26H40N2O7Si. The highest BCUT2D eigenvalue weighted by Gasteiger charge is 2.54. The van der Waals surface area contributed by atoms with Crippen molar-refractivity contribution in [3.63, 3.8) is 0 Å². The Morgan fingerprint density at radius 1 is 1.11 bits per heavy atom. The highest BCUT2D eigenvalue weighted by Crippen LogP contribution is 2.47. The number of alkyl carbamates (subject to hydrolysis) is 1. The van der Waals surface area contributed by atoms with E-state index in [0.29, 0.717) is 5.75 Å². The third kappa shape index (κ3) is 5.86. The summed E-state index contributed by atoms with van der Waals surface area (Å²) in [6.07, 6.45) is -0.912. The molecule has 0 saturated carbocycles. The van der Waals surface area contributed by atoms with E-state index in [0.717, 1.165) is 5.56 Å². The molecule has 0 radical (unpaired) electrons. The van der Waals surface area contributed by atoms with Gasteiger partial charge in [-0.3, -0.25) is 4.79 Å². The molecule has 9 nitrogen and oxygen atoms in total. The van der Waals surface area contributed by atoms with Crippen molar-refractivity contribution in [3.8, 4) is 5.75 Å². The molecule has 4 atom stereocenters. The summed E-state index contributed by atoms with van der Waals surface area (Å²) < 4.78 is 23.3. The molecule has 0 spiro atoms. The van der Waals surface area contributed by atoms with Crippen LogP contribution in [-0.2, 0) is 23.5 Å². The Balaban J connectivity index is 2.07. The van der Waals surface area contributed by atoms with Crippen molar-refractivity contribution < 1.29 is 33.0 Å². The lowest BCUT2D eigenvalue weighted by atomic mass is 10.00. The van der Waals surface area contributed by atoms with E-state index in [9.17, 15) is 14.4 Å². The van der Waals surface area contributed by atoms with E-state index in [2.05, 4.69) is 39.2 Å². The molecule has 0 aliphatic carbocycles. The van der Waals surface area contributed by atoms with Crippen molar-refractivity contribution in [2.24, 2.45) is 0 Å². The minimum Gasteiger partial charge on any atom is -0.491 e. The minimum absolute atomic E-state index is 0.0797. The number of benzene rings is 1. The fourth-order valence-electron chi connectivity index (χ4n) is 4.32. The van der Waals surface area contributed by atoms with Gasteiger partial charge in [0.15, 0.2) is 8.32 Å². The van der Waals surface area contributed by atoms with Gasteiger partial charge in [0.25, 0.3) is 0 Å². The molecule has 1 saturated heterocycles. The molecule has 0 bridgehead atoms. The SMILES string of the molecule is COC(=O)[C@@H]1C[C@H](O[Si](C)(C)C(C)(C)C)[C@@H]2c3ccccc3OC[C@H](NC(=O)OC(C)(C)C)C(=O)N12. The van der Waals surface area contributed by atoms with Crippen molar-refractivity contribution in [1.82, 2.24) is 10.2 Å². The number of fused-ring (bicyclic) bond motifs is 3. The maximum atomic E-state index is 14.0. The van der Waals surface area contributed by atoms with Crippen molar-refractivity contribution in [2.75, 3.05) is 13.7 Å². The van der Waals surface area contributed by atoms with Gasteiger partial charge in [0.2, 0.25) is 5.91 Å². The molecular weight excluding hydrogens is 480 g/mol. The highest BCUT2D eigenvalue weighted by atomic mass is 28.4. The molecule has 1 aromatic carbocycles. The van der Waals surface area contributed by atoms with E-state index in [1.807, 2.05) is 24.3 Å². The lowest BCUT2D eigenvalue weighted by Gasteiger charge is -2.41. The van der Waals surface area contributed by atoms with Crippen molar-refractivity contribution in [1.29, 1.82) is 0 Å². The molecule has 2 amide bonds. The molecule has 3 rings (SSSR count). The first kappa shape index (κ1) is 28.0. The number of rotatable bonds is 4. The first-order chi connectivity index (χ1) is 16.6. The van der Waals surface area contributed by atoms with E-state index in [4.69, 9.17) is 18.6 Å². The monoisotopic (exact) mass is 520 g/mol. The Kier molecular flexibility index (Phi) is 7.81. The van der Waals surface area contributed by atoms with Gasteiger partial charge in [0.05, 0.1) is 19.3 Å². The molecule has 200 valence electrons. The van der Waals surface area contributed by atoms with Gasteiger partial charge in [-0.15, -0.1) is 0 Å². The maximum Gasteiger partial charge on any atom is 0.408 e. The quantitative estimate of drug-likeness (QED) is 0.469. The fraction of sp³-hybridized carbons (Fsp3) is 0.654. The number of ether oxygens (including phenoxy) is 3. The summed E-state index contributed by atoms with van der Waals surface area (Å²) in [6.45, 7) is 15.8. The summed E-state index contributed by atoms with van der Waals surface area (Å²) in [5, 5.41) is 2.56. The van der Waals surface area contributed by atoms with Crippen LogP contribution in [0.25, 0.3) is 0 Å².